The Kier molecular flexibility index (Phi) is 6.59. The first kappa shape index (κ1) is 15.6. The van der Waals surface area contributed by atoms with Gasteiger partial charge in [-0.2, -0.15) is 0 Å². The van der Waals surface area contributed by atoms with Gasteiger partial charge in [0, 0.05) is 6.04 Å². The molecule has 1 aliphatic carbocycles. The zero-order chi connectivity index (χ0) is 14.2. The Hall–Kier alpha value is -0.820. The number of hydrogen-bond acceptors (Lipinski definition) is 1. The minimum absolute atomic E-state index is 0.616. The maximum Gasteiger partial charge on any atom is 0.00103 e. The molecule has 112 valence electrons. The van der Waals surface area contributed by atoms with Crippen molar-refractivity contribution in [1.29, 1.82) is 0 Å². The van der Waals surface area contributed by atoms with Crippen LogP contribution in [0.1, 0.15) is 75.8 Å². The number of unbranched alkanes of at least 4 members (excludes halogenated alkanes) is 1. The summed E-state index contributed by atoms with van der Waals surface area (Å²) in [6, 6.07) is 10.1. The van der Waals surface area contributed by atoms with Crippen LogP contribution in [0.15, 0.2) is 24.3 Å². The summed E-state index contributed by atoms with van der Waals surface area (Å²) in [5.41, 5.74) is 3.09. The molecule has 0 atom stereocenters. The van der Waals surface area contributed by atoms with E-state index in [-0.39, 0.29) is 0 Å². The molecule has 1 aliphatic rings. The van der Waals surface area contributed by atoms with Crippen LogP contribution in [0.3, 0.4) is 0 Å². The maximum atomic E-state index is 3.48. The number of benzene rings is 1. The lowest BCUT2D eigenvalue weighted by Crippen LogP contribution is -2.23. The maximum absolute atomic E-state index is 3.48. The molecule has 1 nitrogen and oxygen atoms in total. The summed E-state index contributed by atoms with van der Waals surface area (Å²) in [6.45, 7) is 5.58. The van der Waals surface area contributed by atoms with Gasteiger partial charge in [-0.15, -0.1) is 0 Å². The van der Waals surface area contributed by atoms with E-state index in [0.29, 0.717) is 6.04 Å². The molecule has 1 aromatic rings. The van der Waals surface area contributed by atoms with Crippen LogP contribution >= 0.6 is 0 Å². The minimum atomic E-state index is 0.616. The quantitative estimate of drug-likeness (QED) is 0.685. The molecular weight excluding hydrogens is 242 g/mol. The van der Waals surface area contributed by atoms with Crippen molar-refractivity contribution in [2.45, 2.75) is 77.2 Å². The molecule has 0 bridgehead atoms. The summed E-state index contributed by atoms with van der Waals surface area (Å²) in [7, 11) is 0. The third-order valence-corrected chi connectivity index (χ3v) is 4.50. The summed E-state index contributed by atoms with van der Waals surface area (Å²) in [4.78, 5) is 0. The second-order valence-corrected chi connectivity index (χ2v) is 6.64. The molecule has 0 spiro atoms. The summed E-state index contributed by atoms with van der Waals surface area (Å²) in [6.07, 6.45) is 10.9. The number of nitrogens with one attached hydrogen (secondary N) is 1. The van der Waals surface area contributed by atoms with Crippen LogP contribution in [-0.2, 0) is 6.42 Å². The predicted molar refractivity (Wildman–Crippen MR) is 88.3 cm³/mol. The molecule has 1 aromatic carbocycles. The number of hydrogen-bond donors (Lipinski definition) is 1. The average molecular weight is 273 g/mol. The van der Waals surface area contributed by atoms with E-state index in [1.807, 2.05) is 0 Å². The smallest absolute Gasteiger partial charge is 0.00103 e. The summed E-state index contributed by atoms with van der Waals surface area (Å²) in [5.74, 6) is 0.841. The van der Waals surface area contributed by atoms with E-state index < -0.39 is 0 Å². The van der Waals surface area contributed by atoms with Crippen molar-refractivity contribution < 1.29 is 0 Å². The molecule has 0 unspecified atom stereocenters. The van der Waals surface area contributed by atoms with Crippen LogP contribution in [0, 0.1) is 0 Å². The van der Waals surface area contributed by atoms with Gasteiger partial charge < -0.3 is 5.32 Å². The topological polar surface area (TPSA) is 12.0 Å². The molecule has 1 heteroatoms. The molecule has 0 radical (unpaired) electrons. The van der Waals surface area contributed by atoms with E-state index >= 15 is 0 Å². The van der Waals surface area contributed by atoms with Crippen molar-refractivity contribution in [3.63, 3.8) is 0 Å². The normalized spacial score (nSPS) is 16.8. The first-order valence-corrected chi connectivity index (χ1v) is 8.58. The van der Waals surface area contributed by atoms with Crippen molar-refractivity contribution in [2.75, 3.05) is 6.54 Å². The summed E-state index contributed by atoms with van der Waals surface area (Å²) in [5, 5.41) is 3.48. The molecule has 0 aliphatic heterocycles. The molecule has 20 heavy (non-hydrogen) atoms. The van der Waals surface area contributed by atoms with Crippen LogP contribution in [0.2, 0.25) is 0 Å². The van der Waals surface area contributed by atoms with E-state index in [1.54, 1.807) is 5.56 Å². The van der Waals surface area contributed by atoms with E-state index in [0.717, 1.165) is 12.5 Å². The lowest BCUT2D eigenvalue weighted by molar-refractivity contribution is 0.443. The Morgan fingerprint density at radius 2 is 1.70 bits per heavy atom. The molecule has 0 amide bonds. The predicted octanol–water partition coefficient (Wildman–Crippen LogP) is 5.06. The molecular formula is C19H31N. The highest BCUT2D eigenvalue weighted by Gasteiger charge is 2.14. The van der Waals surface area contributed by atoms with Crippen LogP contribution < -0.4 is 5.32 Å². The Bertz CT molecular complexity index is 360. The van der Waals surface area contributed by atoms with Gasteiger partial charge in [-0.25, -0.2) is 0 Å². The fourth-order valence-corrected chi connectivity index (χ4v) is 3.24. The number of aryl methyl sites for hydroxylation is 1. The Labute approximate surface area is 125 Å². The van der Waals surface area contributed by atoms with Gasteiger partial charge in [0.2, 0.25) is 0 Å². The van der Waals surface area contributed by atoms with Gasteiger partial charge in [0.1, 0.15) is 0 Å². The Morgan fingerprint density at radius 1 is 1.00 bits per heavy atom. The average Bonchev–Trinajstić information content (AvgIpc) is 2.48. The monoisotopic (exact) mass is 273 g/mol. The van der Waals surface area contributed by atoms with E-state index in [4.69, 9.17) is 0 Å². The second kappa shape index (κ2) is 8.46. The minimum Gasteiger partial charge on any atom is -0.315 e. The fourth-order valence-electron chi connectivity index (χ4n) is 3.24. The van der Waals surface area contributed by atoms with Crippen LogP contribution in [-0.4, -0.2) is 12.6 Å². The second-order valence-electron chi connectivity index (χ2n) is 6.64. The molecule has 0 saturated heterocycles. The van der Waals surface area contributed by atoms with Gasteiger partial charge in [-0.05, 0) is 55.7 Å². The summed E-state index contributed by atoms with van der Waals surface area (Å²) >= 11 is 0. The third kappa shape index (κ3) is 5.28. The molecule has 1 fully saturated rings. The van der Waals surface area contributed by atoms with Crippen LogP contribution in [0.5, 0.6) is 0 Å². The first-order chi connectivity index (χ1) is 9.75. The SMILES string of the molecule is CC(C)NCCCCc1ccc(C2CCCCC2)cc1. The van der Waals surface area contributed by atoms with Gasteiger partial charge in [0.25, 0.3) is 0 Å². The zero-order valence-corrected chi connectivity index (χ0v) is 13.3. The highest BCUT2D eigenvalue weighted by Crippen LogP contribution is 2.32. The lowest BCUT2D eigenvalue weighted by Gasteiger charge is -2.22. The van der Waals surface area contributed by atoms with Gasteiger partial charge in [-0.3, -0.25) is 0 Å². The van der Waals surface area contributed by atoms with Crippen molar-refractivity contribution in [3.05, 3.63) is 35.4 Å². The van der Waals surface area contributed by atoms with Crippen molar-refractivity contribution >= 4 is 0 Å². The van der Waals surface area contributed by atoms with Crippen molar-refractivity contribution in [1.82, 2.24) is 5.32 Å². The van der Waals surface area contributed by atoms with Crippen molar-refractivity contribution in [2.24, 2.45) is 0 Å². The third-order valence-electron chi connectivity index (χ3n) is 4.50. The van der Waals surface area contributed by atoms with Crippen LogP contribution in [0.4, 0.5) is 0 Å². The Morgan fingerprint density at radius 3 is 2.35 bits per heavy atom. The van der Waals surface area contributed by atoms with Gasteiger partial charge in [0.05, 0.1) is 0 Å². The van der Waals surface area contributed by atoms with Crippen molar-refractivity contribution in [3.8, 4) is 0 Å². The molecule has 0 aromatic heterocycles. The van der Waals surface area contributed by atoms with Gasteiger partial charge in [0.15, 0.2) is 0 Å². The fraction of sp³-hybridized carbons (Fsp3) is 0.684. The van der Waals surface area contributed by atoms with Gasteiger partial charge in [-0.1, -0.05) is 57.4 Å². The molecule has 1 saturated carbocycles. The highest BCUT2D eigenvalue weighted by atomic mass is 14.9. The molecule has 1 N–H and O–H groups in total. The van der Waals surface area contributed by atoms with Crippen LogP contribution in [0.25, 0.3) is 0 Å². The van der Waals surface area contributed by atoms with E-state index in [1.165, 1.54) is 56.9 Å². The first-order valence-electron chi connectivity index (χ1n) is 8.58. The Balaban J connectivity index is 1.71. The zero-order valence-electron chi connectivity index (χ0n) is 13.3. The number of rotatable bonds is 7. The lowest BCUT2D eigenvalue weighted by atomic mass is 9.84. The van der Waals surface area contributed by atoms with Gasteiger partial charge >= 0.3 is 0 Å². The highest BCUT2D eigenvalue weighted by molar-refractivity contribution is 5.25. The standard InChI is InChI=1S/C19H31N/c1-16(2)20-15-7-6-8-17-11-13-19(14-12-17)18-9-4-3-5-10-18/h11-14,16,18,20H,3-10,15H2,1-2H3. The molecule has 2 rings (SSSR count). The largest absolute Gasteiger partial charge is 0.315 e. The molecule has 0 heterocycles. The summed E-state index contributed by atoms with van der Waals surface area (Å²) < 4.78 is 0. The van der Waals surface area contributed by atoms with E-state index in [9.17, 15) is 0 Å². The van der Waals surface area contributed by atoms with E-state index in [2.05, 4.69) is 43.4 Å².